The van der Waals surface area contributed by atoms with Crippen LogP contribution >= 0.6 is 0 Å². The number of hydrogen-bond acceptors (Lipinski definition) is 6. The summed E-state index contributed by atoms with van der Waals surface area (Å²) in [5.74, 6) is -0.315. The molecule has 1 aromatic heterocycles. The minimum atomic E-state index is -0.577. The first-order valence-electron chi connectivity index (χ1n) is 7.28. The first kappa shape index (κ1) is 18.6. The highest BCUT2D eigenvalue weighted by Crippen LogP contribution is 2.09. The topological polar surface area (TPSA) is 84.2 Å². The van der Waals surface area contributed by atoms with Gasteiger partial charge in [0.05, 0.1) is 25.5 Å². The Kier molecular flexibility index (Phi) is 8.11. The van der Waals surface area contributed by atoms with Gasteiger partial charge in [-0.1, -0.05) is 0 Å². The van der Waals surface area contributed by atoms with Gasteiger partial charge in [-0.05, 0) is 6.92 Å². The standard InChI is InChI=1S/C15H26N2O5/c1-12(18)9-17-11-15(20)14(19)8-13(17)10-16(4-6-21-2)5-7-22-3/h8,11-12,18,20H,4-7,9-10H2,1-3H3. The van der Waals surface area contributed by atoms with Gasteiger partial charge in [0.25, 0.3) is 0 Å². The van der Waals surface area contributed by atoms with E-state index in [1.807, 2.05) is 0 Å². The second kappa shape index (κ2) is 9.58. The molecule has 0 saturated heterocycles. The van der Waals surface area contributed by atoms with E-state index < -0.39 is 11.5 Å². The van der Waals surface area contributed by atoms with Crippen molar-refractivity contribution >= 4 is 0 Å². The third-order valence-electron chi connectivity index (χ3n) is 3.27. The molecule has 0 amide bonds. The summed E-state index contributed by atoms with van der Waals surface area (Å²) in [5, 5.41) is 19.2. The molecule has 0 aliphatic rings. The Balaban J connectivity index is 2.94. The van der Waals surface area contributed by atoms with Crippen LogP contribution in [0.2, 0.25) is 0 Å². The SMILES string of the molecule is COCCN(CCOC)Cc1cc(=O)c(O)cn1CC(C)O. The molecule has 7 nitrogen and oxygen atoms in total. The van der Waals surface area contributed by atoms with Gasteiger partial charge in [-0.25, -0.2) is 0 Å². The van der Waals surface area contributed by atoms with Gasteiger partial charge >= 0.3 is 0 Å². The van der Waals surface area contributed by atoms with Crippen molar-refractivity contribution in [1.82, 2.24) is 9.47 Å². The average Bonchev–Trinajstić information content (AvgIpc) is 2.46. The van der Waals surface area contributed by atoms with E-state index >= 15 is 0 Å². The lowest BCUT2D eigenvalue weighted by Gasteiger charge is -2.24. The van der Waals surface area contributed by atoms with Crippen molar-refractivity contribution in [2.24, 2.45) is 0 Å². The van der Waals surface area contributed by atoms with E-state index in [1.165, 1.54) is 12.3 Å². The van der Waals surface area contributed by atoms with Crippen molar-refractivity contribution in [2.75, 3.05) is 40.5 Å². The van der Waals surface area contributed by atoms with Gasteiger partial charge in [0.2, 0.25) is 5.43 Å². The maximum Gasteiger partial charge on any atom is 0.223 e. The van der Waals surface area contributed by atoms with Gasteiger partial charge in [-0.15, -0.1) is 0 Å². The summed E-state index contributed by atoms with van der Waals surface area (Å²) in [6, 6.07) is 1.41. The highest BCUT2D eigenvalue weighted by molar-refractivity contribution is 5.20. The lowest BCUT2D eigenvalue weighted by Crippen LogP contribution is -2.32. The summed E-state index contributed by atoms with van der Waals surface area (Å²) >= 11 is 0. The summed E-state index contributed by atoms with van der Waals surface area (Å²) < 4.78 is 11.9. The molecule has 1 atom stereocenters. The summed E-state index contributed by atoms with van der Waals surface area (Å²) in [5.41, 5.74) is 0.311. The molecule has 0 saturated carbocycles. The van der Waals surface area contributed by atoms with Crippen LogP contribution < -0.4 is 5.43 Å². The van der Waals surface area contributed by atoms with Crippen LogP contribution in [-0.4, -0.2) is 66.3 Å². The highest BCUT2D eigenvalue weighted by Gasteiger charge is 2.12. The monoisotopic (exact) mass is 314 g/mol. The van der Waals surface area contributed by atoms with Crippen LogP contribution in [0, 0.1) is 0 Å². The van der Waals surface area contributed by atoms with E-state index in [1.54, 1.807) is 25.7 Å². The number of aliphatic hydroxyl groups excluding tert-OH is 1. The third kappa shape index (κ3) is 6.15. The number of rotatable bonds is 10. The lowest BCUT2D eigenvalue weighted by atomic mass is 10.2. The van der Waals surface area contributed by atoms with Crippen molar-refractivity contribution in [3.63, 3.8) is 0 Å². The molecule has 0 aliphatic carbocycles. The number of aromatic hydroxyl groups is 1. The molecule has 0 aliphatic heterocycles. The number of nitrogens with zero attached hydrogens (tertiary/aromatic N) is 2. The van der Waals surface area contributed by atoms with Crippen LogP contribution in [0.15, 0.2) is 17.1 Å². The second-order valence-corrected chi connectivity index (χ2v) is 5.28. The van der Waals surface area contributed by atoms with E-state index in [2.05, 4.69) is 4.90 Å². The molecule has 22 heavy (non-hydrogen) atoms. The van der Waals surface area contributed by atoms with Crippen LogP contribution in [0.3, 0.4) is 0 Å². The maximum atomic E-state index is 11.7. The Morgan fingerprint density at radius 3 is 2.36 bits per heavy atom. The summed E-state index contributed by atoms with van der Waals surface area (Å²) in [4.78, 5) is 13.8. The Bertz CT molecular complexity index is 493. The van der Waals surface area contributed by atoms with Crippen molar-refractivity contribution in [1.29, 1.82) is 0 Å². The van der Waals surface area contributed by atoms with Crippen molar-refractivity contribution in [2.45, 2.75) is 26.1 Å². The van der Waals surface area contributed by atoms with Gasteiger partial charge in [-0.2, -0.15) is 0 Å². The fraction of sp³-hybridized carbons (Fsp3) is 0.667. The maximum absolute atomic E-state index is 11.7. The van der Waals surface area contributed by atoms with Crippen molar-refractivity contribution < 1.29 is 19.7 Å². The van der Waals surface area contributed by atoms with E-state index in [4.69, 9.17) is 9.47 Å². The number of aliphatic hydroxyl groups is 1. The number of ether oxygens (including phenoxy) is 2. The van der Waals surface area contributed by atoms with Crippen LogP contribution in [-0.2, 0) is 22.6 Å². The molecular weight excluding hydrogens is 288 g/mol. The largest absolute Gasteiger partial charge is 0.503 e. The first-order valence-corrected chi connectivity index (χ1v) is 7.28. The zero-order chi connectivity index (χ0) is 16.5. The molecule has 2 N–H and O–H groups in total. The predicted octanol–water partition coefficient (Wildman–Crippen LogP) is 0.0295. The normalized spacial score (nSPS) is 12.8. The number of pyridine rings is 1. The minimum Gasteiger partial charge on any atom is -0.503 e. The van der Waals surface area contributed by atoms with E-state index in [-0.39, 0.29) is 5.75 Å². The summed E-state index contributed by atoms with van der Waals surface area (Å²) in [6.07, 6.45) is 0.793. The van der Waals surface area contributed by atoms with Gasteiger partial charge < -0.3 is 24.3 Å². The van der Waals surface area contributed by atoms with Gasteiger partial charge in [0.1, 0.15) is 0 Å². The van der Waals surface area contributed by atoms with Crippen molar-refractivity contribution in [3.8, 4) is 5.75 Å². The number of hydrogen-bond donors (Lipinski definition) is 2. The average molecular weight is 314 g/mol. The van der Waals surface area contributed by atoms with E-state index in [0.717, 1.165) is 5.69 Å². The summed E-state index contributed by atoms with van der Waals surface area (Å²) in [7, 11) is 3.27. The van der Waals surface area contributed by atoms with Crippen LogP contribution in [0.5, 0.6) is 5.75 Å². The number of methoxy groups -OCH3 is 2. The molecule has 0 spiro atoms. The predicted molar refractivity (Wildman–Crippen MR) is 83.1 cm³/mol. The fourth-order valence-electron chi connectivity index (χ4n) is 2.13. The molecule has 1 unspecified atom stereocenters. The van der Waals surface area contributed by atoms with Crippen molar-refractivity contribution in [3.05, 3.63) is 28.2 Å². The molecule has 0 radical (unpaired) electrons. The quantitative estimate of drug-likeness (QED) is 0.634. The Labute approximate surface area is 130 Å². The van der Waals surface area contributed by atoms with Crippen LogP contribution in [0.25, 0.3) is 0 Å². The Morgan fingerprint density at radius 2 is 1.86 bits per heavy atom. The lowest BCUT2D eigenvalue weighted by molar-refractivity contribution is 0.107. The van der Waals surface area contributed by atoms with Gasteiger partial charge in [-0.3, -0.25) is 9.69 Å². The molecule has 7 heteroatoms. The summed E-state index contributed by atoms with van der Waals surface area (Å²) in [6.45, 7) is 5.02. The van der Waals surface area contributed by atoms with Gasteiger partial charge in [0.15, 0.2) is 5.75 Å². The fourth-order valence-corrected chi connectivity index (χ4v) is 2.13. The third-order valence-corrected chi connectivity index (χ3v) is 3.27. The molecular formula is C15H26N2O5. The zero-order valence-electron chi connectivity index (χ0n) is 13.5. The molecule has 1 heterocycles. The molecule has 126 valence electrons. The Hall–Kier alpha value is -1.41. The molecule has 0 aromatic carbocycles. The number of aromatic nitrogens is 1. The zero-order valence-corrected chi connectivity index (χ0v) is 13.5. The minimum absolute atomic E-state index is 0.311. The smallest absolute Gasteiger partial charge is 0.223 e. The van der Waals surface area contributed by atoms with Gasteiger partial charge in [0, 0.05) is 52.2 Å². The van der Waals surface area contributed by atoms with Crippen LogP contribution in [0.4, 0.5) is 0 Å². The molecule has 0 fully saturated rings. The van der Waals surface area contributed by atoms with Crippen LogP contribution in [0.1, 0.15) is 12.6 Å². The highest BCUT2D eigenvalue weighted by atomic mass is 16.5. The van der Waals surface area contributed by atoms with E-state index in [9.17, 15) is 15.0 Å². The second-order valence-electron chi connectivity index (χ2n) is 5.28. The Morgan fingerprint density at radius 1 is 1.27 bits per heavy atom. The molecule has 1 rings (SSSR count). The molecule has 0 bridgehead atoms. The molecule has 1 aromatic rings. The first-order chi connectivity index (χ1) is 10.5. The van der Waals surface area contributed by atoms with E-state index in [0.29, 0.717) is 39.4 Å².